The Morgan fingerprint density at radius 1 is 0.842 bits per heavy atom. The van der Waals surface area contributed by atoms with Crippen molar-refractivity contribution in [2.45, 2.75) is 77.4 Å². The molecule has 0 aromatic carbocycles. The molecule has 0 aromatic heterocycles. The summed E-state index contributed by atoms with van der Waals surface area (Å²) in [5.74, 6) is 5.95. The highest BCUT2D eigenvalue weighted by atomic mass is 35.5. The van der Waals surface area contributed by atoms with Gasteiger partial charge >= 0.3 is 5.25 Å². The van der Waals surface area contributed by atoms with Crippen molar-refractivity contribution >= 4 is 11.6 Å². The van der Waals surface area contributed by atoms with Gasteiger partial charge in [0.1, 0.15) is 0 Å². The predicted octanol–water partition coefficient (Wildman–Crippen LogP) is 5.10. The van der Waals surface area contributed by atoms with Crippen molar-refractivity contribution in [1.82, 2.24) is 0 Å². The van der Waals surface area contributed by atoms with Gasteiger partial charge in [0.2, 0.25) is 0 Å². The molecule has 2 nitrogen and oxygen atoms in total. The Morgan fingerprint density at radius 3 is 1.89 bits per heavy atom. The van der Waals surface area contributed by atoms with E-state index in [0.29, 0.717) is 13.2 Å². The van der Waals surface area contributed by atoms with Gasteiger partial charge in [-0.25, -0.2) is 0 Å². The van der Waals surface area contributed by atoms with Crippen LogP contribution >= 0.6 is 11.6 Å². The van der Waals surface area contributed by atoms with Crippen LogP contribution < -0.4 is 0 Å². The van der Waals surface area contributed by atoms with Crippen LogP contribution in [0.3, 0.4) is 0 Å². The summed E-state index contributed by atoms with van der Waals surface area (Å²) in [7, 11) is 0. The van der Waals surface area contributed by atoms with Gasteiger partial charge in [-0.15, -0.1) is 0 Å². The quantitative estimate of drug-likeness (QED) is 0.228. The molecule has 0 atom stereocenters. The summed E-state index contributed by atoms with van der Waals surface area (Å²) < 4.78 is 10.6. The smallest absolute Gasteiger partial charge is 0.316 e. The maximum absolute atomic E-state index is 6.12. The minimum absolute atomic E-state index is 0.496. The topological polar surface area (TPSA) is 18.5 Å². The van der Waals surface area contributed by atoms with E-state index in [-0.39, 0.29) is 0 Å². The van der Waals surface area contributed by atoms with Gasteiger partial charge < -0.3 is 9.47 Å². The molecule has 0 unspecified atom stereocenters. The molecule has 0 aliphatic heterocycles. The highest BCUT2D eigenvalue weighted by Gasteiger charge is 2.24. The van der Waals surface area contributed by atoms with Gasteiger partial charge in [0.05, 0.1) is 0 Å². The lowest BCUT2D eigenvalue weighted by molar-refractivity contribution is -0.132. The van der Waals surface area contributed by atoms with Gasteiger partial charge in [-0.05, 0) is 37.8 Å². The number of unbranched alkanes of at least 4 members (excludes halogenated alkanes) is 7. The summed E-state index contributed by atoms with van der Waals surface area (Å²) >= 11 is 6.12. The number of halogens is 1. The first-order valence-electron chi connectivity index (χ1n) is 7.65. The zero-order valence-corrected chi connectivity index (χ0v) is 13.5. The van der Waals surface area contributed by atoms with Crippen molar-refractivity contribution < 1.29 is 9.47 Å². The minimum atomic E-state index is -1.25. The van der Waals surface area contributed by atoms with Crippen molar-refractivity contribution in [3.8, 4) is 11.8 Å². The second kappa shape index (κ2) is 12.8. The van der Waals surface area contributed by atoms with E-state index in [1.54, 1.807) is 0 Å². The summed E-state index contributed by atoms with van der Waals surface area (Å²) in [6, 6.07) is 0. The summed E-state index contributed by atoms with van der Waals surface area (Å²) in [6.45, 7) is 7.00. The van der Waals surface area contributed by atoms with E-state index in [9.17, 15) is 0 Å². The number of ether oxygens (including phenoxy) is 2. The van der Waals surface area contributed by atoms with Gasteiger partial charge in [0.25, 0.3) is 0 Å². The largest absolute Gasteiger partial charge is 0.327 e. The Bertz CT molecular complexity index is 249. The Hall–Kier alpha value is -0.230. The lowest BCUT2D eigenvalue weighted by atomic mass is 10.1. The van der Waals surface area contributed by atoms with Gasteiger partial charge in [-0.3, -0.25) is 0 Å². The van der Waals surface area contributed by atoms with Crippen molar-refractivity contribution in [3.63, 3.8) is 0 Å². The first-order chi connectivity index (χ1) is 9.18. The van der Waals surface area contributed by atoms with Gasteiger partial charge in [-0.2, -0.15) is 0 Å². The van der Waals surface area contributed by atoms with Crippen molar-refractivity contribution in [2.24, 2.45) is 0 Å². The molecule has 19 heavy (non-hydrogen) atoms. The average molecular weight is 289 g/mol. The van der Waals surface area contributed by atoms with Gasteiger partial charge in [0.15, 0.2) is 0 Å². The van der Waals surface area contributed by atoms with Crippen LogP contribution in [0.4, 0.5) is 0 Å². The molecule has 112 valence electrons. The van der Waals surface area contributed by atoms with E-state index in [0.717, 1.165) is 12.8 Å². The Balaban J connectivity index is 3.70. The fraction of sp³-hybridized carbons (Fsp3) is 0.875. The molecule has 0 saturated carbocycles. The Morgan fingerprint density at radius 2 is 1.37 bits per heavy atom. The normalized spacial score (nSPS) is 11.2. The van der Waals surface area contributed by atoms with Crippen LogP contribution in [0.1, 0.15) is 72.1 Å². The standard InChI is InChI=1S/C16H29ClO2/c1-4-7-8-9-10-11-12-13-14-15-16(17,18-5-2)19-6-3/h4-13H2,1-3H3. The number of rotatable bonds is 11. The van der Waals surface area contributed by atoms with Crippen molar-refractivity contribution in [1.29, 1.82) is 0 Å². The average Bonchev–Trinajstić information content (AvgIpc) is 2.37. The second-order valence-corrected chi connectivity index (χ2v) is 5.07. The molecule has 0 radical (unpaired) electrons. The molecule has 0 N–H and O–H groups in total. The molecule has 0 aliphatic rings. The summed E-state index contributed by atoms with van der Waals surface area (Å²) in [4.78, 5) is 0. The van der Waals surface area contributed by atoms with Crippen LogP contribution in [0.15, 0.2) is 0 Å². The number of hydrogen-bond donors (Lipinski definition) is 0. The lowest BCUT2D eigenvalue weighted by Crippen LogP contribution is -2.27. The van der Waals surface area contributed by atoms with Crippen LogP contribution in [0.25, 0.3) is 0 Å². The monoisotopic (exact) mass is 288 g/mol. The molecular weight excluding hydrogens is 260 g/mol. The van der Waals surface area contributed by atoms with Gasteiger partial charge in [0, 0.05) is 19.6 Å². The fourth-order valence-corrected chi connectivity index (χ4v) is 2.11. The Labute approximate surface area is 124 Å². The Kier molecular flexibility index (Phi) is 12.6. The van der Waals surface area contributed by atoms with Crippen LogP contribution in [0, 0.1) is 11.8 Å². The molecule has 0 heterocycles. The first-order valence-corrected chi connectivity index (χ1v) is 8.03. The number of alkyl halides is 1. The molecule has 0 spiro atoms. The zero-order valence-electron chi connectivity index (χ0n) is 12.8. The van der Waals surface area contributed by atoms with Crippen LogP contribution in [-0.4, -0.2) is 18.5 Å². The molecule has 0 aromatic rings. The maximum atomic E-state index is 6.12. The van der Waals surface area contributed by atoms with Crippen LogP contribution in [0.5, 0.6) is 0 Å². The summed E-state index contributed by atoms with van der Waals surface area (Å²) in [6.07, 6.45) is 9.92. The molecular formula is C16H29ClO2. The molecule has 0 fully saturated rings. The lowest BCUT2D eigenvalue weighted by Gasteiger charge is -2.19. The molecule has 0 aliphatic carbocycles. The van der Waals surface area contributed by atoms with E-state index >= 15 is 0 Å². The first kappa shape index (κ1) is 18.8. The van der Waals surface area contributed by atoms with E-state index in [1.165, 1.54) is 38.5 Å². The SMILES string of the molecule is CCCCCCCCCC#CC(Cl)(OCC)OCC. The second-order valence-electron chi connectivity index (χ2n) is 4.58. The molecule has 0 saturated heterocycles. The predicted molar refractivity (Wildman–Crippen MR) is 82.2 cm³/mol. The fourth-order valence-electron chi connectivity index (χ4n) is 1.82. The third-order valence-corrected chi connectivity index (χ3v) is 3.12. The van der Waals surface area contributed by atoms with E-state index in [4.69, 9.17) is 21.1 Å². The minimum Gasteiger partial charge on any atom is -0.327 e. The highest BCUT2D eigenvalue weighted by molar-refractivity contribution is 6.23. The molecule has 0 rings (SSSR count). The zero-order chi connectivity index (χ0) is 14.4. The third kappa shape index (κ3) is 11.3. The summed E-state index contributed by atoms with van der Waals surface area (Å²) in [5, 5.41) is -1.25. The van der Waals surface area contributed by atoms with E-state index in [1.807, 2.05) is 13.8 Å². The van der Waals surface area contributed by atoms with Crippen molar-refractivity contribution in [2.75, 3.05) is 13.2 Å². The summed E-state index contributed by atoms with van der Waals surface area (Å²) in [5.41, 5.74) is 0. The van der Waals surface area contributed by atoms with E-state index in [2.05, 4.69) is 18.8 Å². The molecule has 0 bridgehead atoms. The molecule has 3 heteroatoms. The maximum Gasteiger partial charge on any atom is 0.316 e. The van der Waals surface area contributed by atoms with Crippen LogP contribution in [-0.2, 0) is 9.47 Å². The van der Waals surface area contributed by atoms with Gasteiger partial charge in [-0.1, -0.05) is 51.4 Å². The van der Waals surface area contributed by atoms with Crippen LogP contribution in [0.2, 0.25) is 0 Å². The third-order valence-electron chi connectivity index (χ3n) is 2.80. The highest BCUT2D eigenvalue weighted by Crippen LogP contribution is 2.18. The molecule has 0 amide bonds. The van der Waals surface area contributed by atoms with E-state index < -0.39 is 5.25 Å². The number of hydrogen-bond acceptors (Lipinski definition) is 2. The van der Waals surface area contributed by atoms with Crippen molar-refractivity contribution in [3.05, 3.63) is 0 Å².